The number of carbonyl (C=O) groups excluding carboxylic acids is 1. The highest BCUT2D eigenvalue weighted by molar-refractivity contribution is 7.12. The van der Waals surface area contributed by atoms with Gasteiger partial charge in [-0.15, -0.1) is 11.3 Å². The number of thiophene rings is 1. The van der Waals surface area contributed by atoms with Crippen molar-refractivity contribution in [2.75, 3.05) is 20.8 Å². The molecule has 1 unspecified atom stereocenters. The molecule has 1 atom stereocenters. The second-order valence-corrected chi connectivity index (χ2v) is 5.15. The normalized spacial score (nSPS) is 13.8. The molecule has 1 rings (SSSR count). The Kier molecular flexibility index (Phi) is 5.46. The molecule has 0 fully saturated rings. The Morgan fingerprint density at radius 2 is 2.11 bits per heavy atom. The van der Waals surface area contributed by atoms with E-state index in [1.165, 1.54) is 32.5 Å². The number of nitrogens with one attached hydrogen (secondary N) is 1. The standard InChI is InChI=1S/C12H17NO5S/c1-12(7-18-3,11(15)16)13-10(14)9-8(6-17-2)4-5-19-9/h4-5H,6-7H2,1-3H3,(H,13,14)(H,15,16). The lowest BCUT2D eigenvalue weighted by atomic mass is 10.0. The van der Waals surface area contributed by atoms with E-state index < -0.39 is 17.4 Å². The van der Waals surface area contributed by atoms with Crippen molar-refractivity contribution in [3.05, 3.63) is 21.9 Å². The third-order valence-corrected chi connectivity index (χ3v) is 3.50. The Hall–Kier alpha value is -1.44. The van der Waals surface area contributed by atoms with Gasteiger partial charge in [0, 0.05) is 19.8 Å². The molecule has 0 saturated heterocycles. The molecule has 2 N–H and O–H groups in total. The van der Waals surface area contributed by atoms with E-state index in [2.05, 4.69) is 5.32 Å². The van der Waals surface area contributed by atoms with Crippen molar-refractivity contribution >= 4 is 23.2 Å². The van der Waals surface area contributed by atoms with Gasteiger partial charge in [0.2, 0.25) is 0 Å². The first-order valence-electron chi connectivity index (χ1n) is 5.54. The van der Waals surface area contributed by atoms with Crippen LogP contribution < -0.4 is 5.32 Å². The summed E-state index contributed by atoms with van der Waals surface area (Å²) < 4.78 is 9.84. The molecule has 1 amide bonds. The summed E-state index contributed by atoms with van der Waals surface area (Å²) in [5.41, 5.74) is -0.727. The minimum Gasteiger partial charge on any atom is -0.479 e. The summed E-state index contributed by atoms with van der Waals surface area (Å²) in [6.07, 6.45) is 0. The van der Waals surface area contributed by atoms with Crippen LogP contribution in [-0.4, -0.2) is 43.3 Å². The van der Waals surface area contributed by atoms with E-state index in [1.54, 1.807) is 11.4 Å². The maximum atomic E-state index is 12.1. The fourth-order valence-electron chi connectivity index (χ4n) is 1.55. The van der Waals surface area contributed by atoms with Gasteiger partial charge in [-0.1, -0.05) is 0 Å². The lowest BCUT2D eigenvalue weighted by Crippen LogP contribution is -2.55. The first-order chi connectivity index (χ1) is 8.94. The zero-order valence-electron chi connectivity index (χ0n) is 11.1. The average molecular weight is 287 g/mol. The number of rotatable bonds is 7. The average Bonchev–Trinajstić information content (AvgIpc) is 2.77. The minimum absolute atomic E-state index is 0.112. The Labute approximate surface area is 115 Å². The molecule has 0 saturated carbocycles. The summed E-state index contributed by atoms with van der Waals surface area (Å²) in [5, 5.41) is 13.4. The zero-order chi connectivity index (χ0) is 14.5. The van der Waals surface area contributed by atoms with Gasteiger partial charge in [0.05, 0.1) is 18.1 Å². The second kappa shape index (κ2) is 6.65. The van der Waals surface area contributed by atoms with Crippen LogP contribution in [0.2, 0.25) is 0 Å². The van der Waals surface area contributed by atoms with Crippen molar-refractivity contribution in [3.8, 4) is 0 Å². The van der Waals surface area contributed by atoms with Gasteiger partial charge in [0.1, 0.15) is 0 Å². The van der Waals surface area contributed by atoms with Gasteiger partial charge in [0.25, 0.3) is 5.91 Å². The summed E-state index contributed by atoms with van der Waals surface area (Å²) in [6, 6.07) is 1.78. The third kappa shape index (κ3) is 3.76. The maximum Gasteiger partial charge on any atom is 0.331 e. The van der Waals surface area contributed by atoms with Gasteiger partial charge in [-0.05, 0) is 18.4 Å². The SMILES string of the molecule is COCc1ccsc1C(=O)NC(C)(COC)C(=O)O. The first kappa shape index (κ1) is 15.6. The van der Waals surface area contributed by atoms with Crippen molar-refractivity contribution in [2.45, 2.75) is 19.1 Å². The predicted octanol–water partition coefficient (Wildman–Crippen LogP) is 1.11. The van der Waals surface area contributed by atoms with E-state index in [1.807, 2.05) is 0 Å². The summed E-state index contributed by atoms with van der Waals surface area (Å²) in [5.74, 6) is -1.59. The second-order valence-electron chi connectivity index (χ2n) is 4.23. The van der Waals surface area contributed by atoms with Crippen molar-refractivity contribution < 1.29 is 24.2 Å². The fraction of sp³-hybridized carbons (Fsp3) is 0.500. The molecule has 1 heterocycles. The van der Waals surface area contributed by atoms with Gasteiger partial charge < -0.3 is 19.9 Å². The highest BCUT2D eigenvalue weighted by atomic mass is 32.1. The third-order valence-electron chi connectivity index (χ3n) is 2.55. The van der Waals surface area contributed by atoms with Crippen molar-refractivity contribution in [1.29, 1.82) is 0 Å². The molecule has 1 aromatic rings. The highest BCUT2D eigenvalue weighted by Gasteiger charge is 2.35. The van der Waals surface area contributed by atoms with Crippen molar-refractivity contribution in [3.63, 3.8) is 0 Å². The highest BCUT2D eigenvalue weighted by Crippen LogP contribution is 2.19. The van der Waals surface area contributed by atoms with Crippen molar-refractivity contribution in [2.24, 2.45) is 0 Å². The summed E-state index contributed by atoms with van der Waals surface area (Å²) in [7, 11) is 2.92. The van der Waals surface area contributed by atoms with Crippen LogP contribution in [0.25, 0.3) is 0 Å². The number of amides is 1. The molecule has 6 nitrogen and oxygen atoms in total. The van der Waals surface area contributed by atoms with Gasteiger partial charge >= 0.3 is 5.97 Å². The monoisotopic (exact) mass is 287 g/mol. The Morgan fingerprint density at radius 3 is 2.63 bits per heavy atom. The Morgan fingerprint density at radius 1 is 1.42 bits per heavy atom. The van der Waals surface area contributed by atoms with Crippen LogP contribution in [0.1, 0.15) is 22.2 Å². The lowest BCUT2D eigenvalue weighted by molar-refractivity contribution is -0.145. The minimum atomic E-state index is -1.46. The quantitative estimate of drug-likeness (QED) is 0.785. The topological polar surface area (TPSA) is 84.9 Å². The van der Waals surface area contributed by atoms with Crippen LogP contribution in [-0.2, 0) is 20.9 Å². The molecule has 106 valence electrons. The number of carboxylic acid groups (broad SMARTS) is 1. The lowest BCUT2D eigenvalue weighted by Gasteiger charge is -2.25. The molecular weight excluding hydrogens is 270 g/mol. The van der Waals surface area contributed by atoms with Crippen molar-refractivity contribution in [1.82, 2.24) is 5.32 Å². The molecule has 0 spiro atoms. The van der Waals surface area contributed by atoms with Crippen LogP contribution in [0.15, 0.2) is 11.4 Å². The fourth-order valence-corrected chi connectivity index (χ4v) is 2.36. The van der Waals surface area contributed by atoms with Gasteiger partial charge in [0.15, 0.2) is 5.54 Å². The smallest absolute Gasteiger partial charge is 0.331 e. The molecule has 0 aromatic carbocycles. The van der Waals surface area contributed by atoms with Gasteiger partial charge in [-0.25, -0.2) is 4.79 Å². The van der Waals surface area contributed by atoms with Crippen LogP contribution in [0.3, 0.4) is 0 Å². The zero-order valence-corrected chi connectivity index (χ0v) is 11.9. The predicted molar refractivity (Wildman–Crippen MR) is 70.4 cm³/mol. The van der Waals surface area contributed by atoms with Crippen LogP contribution >= 0.6 is 11.3 Å². The van der Waals surface area contributed by atoms with E-state index in [-0.39, 0.29) is 6.61 Å². The molecule has 1 aromatic heterocycles. The number of carboxylic acids is 1. The molecular formula is C12H17NO5S. The summed E-state index contributed by atoms with van der Waals surface area (Å²) in [4.78, 5) is 23.8. The first-order valence-corrected chi connectivity index (χ1v) is 6.42. The van der Waals surface area contributed by atoms with E-state index in [9.17, 15) is 9.59 Å². The van der Waals surface area contributed by atoms with Crippen LogP contribution in [0, 0.1) is 0 Å². The molecule has 0 aliphatic carbocycles. The maximum absolute atomic E-state index is 12.1. The Balaban J connectivity index is 2.88. The van der Waals surface area contributed by atoms with Gasteiger partial charge in [-0.2, -0.15) is 0 Å². The number of ether oxygens (including phenoxy) is 2. The van der Waals surface area contributed by atoms with E-state index in [0.29, 0.717) is 11.5 Å². The number of methoxy groups -OCH3 is 2. The summed E-state index contributed by atoms with van der Waals surface area (Å²) in [6.45, 7) is 1.60. The summed E-state index contributed by atoms with van der Waals surface area (Å²) >= 11 is 1.24. The largest absolute Gasteiger partial charge is 0.479 e. The number of hydrogen-bond acceptors (Lipinski definition) is 5. The van der Waals surface area contributed by atoms with E-state index >= 15 is 0 Å². The van der Waals surface area contributed by atoms with E-state index in [0.717, 1.165) is 5.56 Å². The molecule has 7 heteroatoms. The van der Waals surface area contributed by atoms with E-state index in [4.69, 9.17) is 14.6 Å². The number of aliphatic carboxylic acids is 1. The van der Waals surface area contributed by atoms with Gasteiger partial charge in [-0.3, -0.25) is 4.79 Å². The number of carbonyl (C=O) groups is 2. The molecule has 0 bridgehead atoms. The Bertz CT molecular complexity index is 459. The number of hydrogen-bond donors (Lipinski definition) is 2. The molecule has 0 radical (unpaired) electrons. The molecule has 0 aliphatic rings. The molecule has 0 aliphatic heterocycles. The van der Waals surface area contributed by atoms with Crippen LogP contribution in [0.4, 0.5) is 0 Å². The van der Waals surface area contributed by atoms with Crippen LogP contribution in [0.5, 0.6) is 0 Å². The molecule has 19 heavy (non-hydrogen) atoms.